The van der Waals surface area contributed by atoms with E-state index in [9.17, 15) is 10.5 Å². The zero-order valence-corrected chi connectivity index (χ0v) is 27.7. The van der Waals surface area contributed by atoms with Crippen molar-refractivity contribution in [3.05, 3.63) is 169 Å². The van der Waals surface area contributed by atoms with Crippen LogP contribution in [0.5, 0.6) is 0 Å². The molecule has 9 aromatic rings. The van der Waals surface area contributed by atoms with Crippen LogP contribution in [-0.2, 0) is 0 Å². The first-order valence-electron chi connectivity index (χ1n) is 16.8. The molecule has 52 heavy (non-hydrogen) atoms. The molecule has 0 fully saturated rings. The van der Waals surface area contributed by atoms with Gasteiger partial charge in [0, 0.05) is 33.8 Å². The molecule has 9 rings (SSSR count). The third kappa shape index (κ3) is 5.38. The van der Waals surface area contributed by atoms with Crippen LogP contribution in [0, 0.1) is 22.7 Å². The molecule has 0 aliphatic heterocycles. The summed E-state index contributed by atoms with van der Waals surface area (Å²) in [7, 11) is 0. The average molecular weight is 663 g/mol. The van der Waals surface area contributed by atoms with Gasteiger partial charge < -0.3 is 0 Å². The van der Waals surface area contributed by atoms with Crippen molar-refractivity contribution in [2.24, 2.45) is 0 Å². The number of fused-ring (bicyclic) bond motifs is 5. The zero-order chi connectivity index (χ0) is 35.0. The zero-order valence-electron chi connectivity index (χ0n) is 27.7. The summed E-state index contributed by atoms with van der Waals surface area (Å²) in [5.74, 6) is 1.80. The second-order valence-electron chi connectivity index (χ2n) is 12.5. The van der Waals surface area contributed by atoms with Crippen molar-refractivity contribution in [1.29, 1.82) is 10.5 Å². The number of pyridine rings is 1. The summed E-state index contributed by atoms with van der Waals surface area (Å²) >= 11 is 0. The number of rotatable bonds is 5. The molecule has 0 aliphatic carbocycles. The van der Waals surface area contributed by atoms with Gasteiger partial charge in [-0.25, -0.2) is 15.0 Å². The second-order valence-corrected chi connectivity index (χ2v) is 12.5. The van der Waals surface area contributed by atoms with Crippen molar-refractivity contribution in [3.8, 4) is 68.6 Å². The van der Waals surface area contributed by atoms with Crippen molar-refractivity contribution in [1.82, 2.24) is 19.9 Å². The van der Waals surface area contributed by atoms with Gasteiger partial charge in [-0.1, -0.05) is 109 Å². The maximum absolute atomic E-state index is 9.74. The first-order chi connectivity index (χ1) is 25.7. The van der Waals surface area contributed by atoms with E-state index in [2.05, 4.69) is 54.6 Å². The molecule has 0 saturated carbocycles. The summed E-state index contributed by atoms with van der Waals surface area (Å²) in [6.45, 7) is 0. The molecule has 0 atom stereocenters. The van der Waals surface area contributed by atoms with Gasteiger partial charge in [0.1, 0.15) is 0 Å². The molecule has 0 bridgehead atoms. The molecule has 0 unspecified atom stereocenters. The van der Waals surface area contributed by atoms with Crippen LogP contribution in [0.2, 0.25) is 0 Å². The van der Waals surface area contributed by atoms with Crippen LogP contribution in [-0.4, -0.2) is 19.9 Å². The van der Waals surface area contributed by atoms with E-state index in [1.54, 1.807) is 6.07 Å². The van der Waals surface area contributed by atoms with Crippen LogP contribution in [0.4, 0.5) is 0 Å². The van der Waals surface area contributed by atoms with E-state index < -0.39 is 0 Å². The maximum atomic E-state index is 9.74. The third-order valence-electron chi connectivity index (χ3n) is 9.36. The number of nitriles is 2. The molecule has 7 aromatic carbocycles. The summed E-state index contributed by atoms with van der Waals surface area (Å²) in [5, 5.41) is 24.7. The van der Waals surface area contributed by atoms with Crippen LogP contribution >= 0.6 is 0 Å². The first kappa shape index (κ1) is 30.5. The highest BCUT2D eigenvalue weighted by Crippen LogP contribution is 2.42. The van der Waals surface area contributed by atoms with E-state index in [1.165, 1.54) is 0 Å². The lowest BCUT2D eigenvalue weighted by molar-refractivity contribution is 1.07. The van der Waals surface area contributed by atoms with Gasteiger partial charge in [-0.2, -0.15) is 10.5 Å². The van der Waals surface area contributed by atoms with E-state index in [-0.39, 0.29) is 0 Å². The molecular weight excluding hydrogens is 637 g/mol. The average Bonchev–Trinajstić information content (AvgIpc) is 3.23. The van der Waals surface area contributed by atoms with Gasteiger partial charge in [0.05, 0.1) is 28.8 Å². The predicted molar refractivity (Wildman–Crippen MR) is 207 cm³/mol. The third-order valence-corrected chi connectivity index (χ3v) is 9.36. The molecule has 2 aromatic heterocycles. The molecule has 0 radical (unpaired) electrons. The van der Waals surface area contributed by atoms with E-state index in [4.69, 9.17) is 19.9 Å². The van der Waals surface area contributed by atoms with Gasteiger partial charge in [0.2, 0.25) is 0 Å². The Morgan fingerprint density at radius 3 is 1.54 bits per heavy atom. The molecule has 0 aliphatic rings. The minimum absolute atomic E-state index is 0.449. The number of aromatic nitrogens is 4. The molecule has 6 nitrogen and oxygen atoms in total. The lowest BCUT2D eigenvalue weighted by Crippen LogP contribution is -2.00. The summed E-state index contributed by atoms with van der Waals surface area (Å²) in [6, 6.07) is 54.7. The molecule has 0 saturated heterocycles. The minimum atomic E-state index is 0.449. The van der Waals surface area contributed by atoms with Crippen molar-refractivity contribution >= 4 is 32.4 Å². The first-order valence-corrected chi connectivity index (χ1v) is 16.8. The number of benzene rings is 7. The van der Waals surface area contributed by atoms with E-state index in [1.807, 2.05) is 109 Å². The Morgan fingerprint density at radius 2 is 0.885 bits per heavy atom. The molecule has 6 heteroatoms. The summed E-state index contributed by atoms with van der Waals surface area (Å²) in [4.78, 5) is 19.7. The van der Waals surface area contributed by atoms with Gasteiger partial charge in [0.15, 0.2) is 17.5 Å². The number of nitrogens with zero attached hydrogens (tertiary/aromatic N) is 6. The molecule has 0 amide bonds. The fourth-order valence-corrected chi connectivity index (χ4v) is 6.96. The SMILES string of the molecule is N#Cc1cc(C#N)cc(-c2cc3c4cccnc4c(-c4cccc(-c5nc(-c6ccccc6)nc(-c6ccccc6)n5)c4)cc3c3ccccc23)c1. The Labute approximate surface area is 299 Å². The van der Waals surface area contributed by atoms with Crippen LogP contribution in [0.3, 0.4) is 0 Å². The fourth-order valence-electron chi connectivity index (χ4n) is 6.96. The Morgan fingerprint density at radius 1 is 0.365 bits per heavy atom. The summed E-state index contributed by atoms with van der Waals surface area (Å²) in [5.41, 5.74) is 8.21. The van der Waals surface area contributed by atoms with Gasteiger partial charge >= 0.3 is 0 Å². The van der Waals surface area contributed by atoms with E-state index >= 15 is 0 Å². The second kappa shape index (κ2) is 12.7. The van der Waals surface area contributed by atoms with E-state index in [0.717, 1.165) is 71.4 Å². The van der Waals surface area contributed by atoms with Crippen molar-refractivity contribution < 1.29 is 0 Å². The minimum Gasteiger partial charge on any atom is -0.256 e. The number of hydrogen-bond acceptors (Lipinski definition) is 6. The number of hydrogen-bond donors (Lipinski definition) is 0. The van der Waals surface area contributed by atoms with Crippen LogP contribution in [0.25, 0.3) is 88.9 Å². The van der Waals surface area contributed by atoms with Crippen LogP contribution < -0.4 is 0 Å². The van der Waals surface area contributed by atoms with Gasteiger partial charge in [-0.05, 0) is 80.7 Å². The monoisotopic (exact) mass is 662 g/mol. The molecule has 0 spiro atoms. The quantitative estimate of drug-likeness (QED) is 0.170. The maximum Gasteiger partial charge on any atom is 0.164 e. The molecular formula is C46H26N6. The standard InChI is InChI=1S/C46H26N6/c47-27-29-21-30(28-48)23-35(22-29)39-25-42-38-19-10-20-49-43(38)40(26-41(42)37-18-8-7-17-36(37)39)33-15-9-16-34(24-33)46-51-44(31-11-3-1-4-12-31)50-45(52-46)32-13-5-2-6-14-32/h1-26H. The smallest absolute Gasteiger partial charge is 0.164 e. The van der Waals surface area contributed by atoms with Gasteiger partial charge in [0.25, 0.3) is 0 Å². The summed E-state index contributed by atoms with van der Waals surface area (Å²) in [6.07, 6.45) is 1.82. The van der Waals surface area contributed by atoms with Gasteiger partial charge in [-0.3, -0.25) is 4.98 Å². The Kier molecular flexibility index (Phi) is 7.47. The Hall–Kier alpha value is -7.54. The highest BCUT2D eigenvalue weighted by molar-refractivity contribution is 6.23. The highest BCUT2D eigenvalue weighted by atomic mass is 15.0. The Balaban J connectivity index is 1.26. The topological polar surface area (TPSA) is 99.1 Å². The van der Waals surface area contributed by atoms with E-state index in [0.29, 0.717) is 28.6 Å². The molecule has 2 heterocycles. The van der Waals surface area contributed by atoms with Gasteiger partial charge in [-0.15, -0.1) is 0 Å². The highest BCUT2D eigenvalue weighted by Gasteiger charge is 2.18. The fraction of sp³-hybridized carbons (Fsp3) is 0. The molecule has 0 N–H and O–H groups in total. The van der Waals surface area contributed by atoms with Crippen LogP contribution in [0.15, 0.2) is 158 Å². The largest absolute Gasteiger partial charge is 0.256 e. The van der Waals surface area contributed by atoms with Crippen LogP contribution in [0.1, 0.15) is 11.1 Å². The Bertz CT molecular complexity index is 2830. The normalized spacial score (nSPS) is 11.0. The molecule has 240 valence electrons. The van der Waals surface area contributed by atoms with Crippen molar-refractivity contribution in [3.63, 3.8) is 0 Å². The van der Waals surface area contributed by atoms with Crippen molar-refractivity contribution in [2.45, 2.75) is 0 Å². The van der Waals surface area contributed by atoms with Crippen molar-refractivity contribution in [2.75, 3.05) is 0 Å². The lowest BCUT2D eigenvalue weighted by atomic mass is 9.88. The summed E-state index contributed by atoms with van der Waals surface area (Å²) < 4.78 is 0. The predicted octanol–water partition coefficient (Wildman–Crippen LogP) is 10.8. The lowest BCUT2D eigenvalue weighted by Gasteiger charge is -2.16.